The fourth-order valence-corrected chi connectivity index (χ4v) is 3.01. The molecule has 0 bridgehead atoms. The minimum absolute atomic E-state index is 0.0834. The molecule has 1 heterocycles. The lowest BCUT2D eigenvalue weighted by molar-refractivity contribution is 0.199. The zero-order valence-corrected chi connectivity index (χ0v) is 13.5. The van der Waals surface area contributed by atoms with Gasteiger partial charge in [-0.05, 0) is 0 Å². The zero-order valence-electron chi connectivity index (χ0n) is 12.7. The van der Waals surface area contributed by atoms with Crippen LogP contribution in [0.5, 0.6) is 0 Å². The van der Waals surface area contributed by atoms with Gasteiger partial charge in [-0.2, -0.15) is 0 Å². The van der Waals surface area contributed by atoms with Crippen LogP contribution in [-0.2, 0) is 27.9 Å². The molecular formula is C14H26N2O2S. The maximum Gasteiger partial charge on any atom is 0.0954 e. The number of hydrogen-bond donors (Lipinski definition) is 1. The summed E-state index contributed by atoms with van der Waals surface area (Å²) in [6, 6.07) is 0. The van der Waals surface area contributed by atoms with E-state index in [2.05, 4.69) is 26.1 Å². The molecule has 0 amide bonds. The Kier molecular flexibility index (Phi) is 6.93. The van der Waals surface area contributed by atoms with E-state index in [9.17, 15) is 0 Å². The number of nitrogens with zero attached hydrogens (tertiary/aromatic N) is 1. The highest BCUT2D eigenvalue weighted by Gasteiger charge is 2.22. The second-order valence-corrected chi connectivity index (χ2v) is 6.71. The molecule has 19 heavy (non-hydrogen) atoms. The van der Waals surface area contributed by atoms with Crippen molar-refractivity contribution < 1.29 is 9.47 Å². The van der Waals surface area contributed by atoms with Gasteiger partial charge in [0, 0.05) is 44.0 Å². The first-order valence-electron chi connectivity index (χ1n) is 6.66. The fourth-order valence-electron chi connectivity index (χ4n) is 1.78. The molecule has 0 fully saturated rings. The molecule has 5 heteroatoms. The van der Waals surface area contributed by atoms with Crippen LogP contribution in [0.15, 0.2) is 0 Å². The molecule has 1 aromatic heterocycles. The van der Waals surface area contributed by atoms with E-state index in [1.165, 1.54) is 10.6 Å². The predicted octanol–water partition coefficient (Wildman–Crippen LogP) is 2.37. The van der Waals surface area contributed by atoms with Crippen molar-refractivity contribution >= 4 is 11.3 Å². The Balaban J connectivity index is 2.72. The van der Waals surface area contributed by atoms with E-state index in [0.717, 1.165) is 37.7 Å². The molecule has 0 saturated carbocycles. The summed E-state index contributed by atoms with van der Waals surface area (Å²) in [5, 5.41) is 4.56. The van der Waals surface area contributed by atoms with Crippen LogP contribution < -0.4 is 5.32 Å². The number of thiazole rings is 1. The van der Waals surface area contributed by atoms with Crippen molar-refractivity contribution in [1.29, 1.82) is 0 Å². The highest BCUT2D eigenvalue weighted by molar-refractivity contribution is 7.11. The van der Waals surface area contributed by atoms with E-state index in [4.69, 9.17) is 14.5 Å². The van der Waals surface area contributed by atoms with Gasteiger partial charge in [-0.15, -0.1) is 11.3 Å². The highest BCUT2D eigenvalue weighted by Crippen LogP contribution is 2.29. The lowest BCUT2D eigenvalue weighted by Gasteiger charge is -2.17. The Morgan fingerprint density at radius 1 is 1.16 bits per heavy atom. The SMILES string of the molecule is COCCNCc1sc(CCOC)nc1C(C)(C)C. The molecule has 0 aromatic carbocycles. The first-order chi connectivity index (χ1) is 8.99. The second-order valence-electron chi connectivity index (χ2n) is 5.54. The smallest absolute Gasteiger partial charge is 0.0954 e. The van der Waals surface area contributed by atoms with Gasteiger partial charge in [0.05, 0.1) is 23.9 Å². The van der Waals surface area contributed by atoms with Crippen molar-refractivity contribution in [3.63, 3.8) is 0 Å². The second kappa shape index (κ2) is 7.94. The molecule has 0 spiro atoms. The number of aromatic nitrogens is 1. The predicted molar refractivity (Wildman–Crippen MR) is 80.0 cm³/mol. The van der Waals surface area contributed by atoms with Crippen LogP contribution in [0.25, 0.3) is 0 Å². The van der Waals surface area contributed by atoms with Gasteiger partial charge >= 0.3 is 0 Å². The molecule has 1 N–H and O–H groups in total. The Bertz CT molecular complexity index is 372. The van der Waals surface area contributed by atoms with Gasteiger partial charge in [0.15, 0.2) is 0 Å². The molecule has 0 atom stereocenters. The van der Waals surface area contributed by atoms with Crippen LogP contribution in [0.2, 0.25) is 0 Å². The summed E-state index contributed by atoms with van der Waals surface area (Å²) in [6.07, 6.45) is 0.891. The maximum atomic E-state index is 5.13. The molecular weight excluding hydrogens is 260 g/mol. The van der Waals surface area contributed by atoms with E-state index in [-0.39, 0.29) is 5.41 Å². The van der Waals surface area contributed by atoms with Crippen LogP contribution in [-0.4, -0.2) is 39.0 Å². The summed E-state index contributed by atoms with van der Waals surface area (Å²) in [7, 11) is 3.45. The van der Waals surface area contributed by atoms with Gasteiger partial charge in [-0.1, -0.05) is 20.8 Å². The van der Waals surface area contributed by atoms with Crippen LogP contribution in [0.1, 0.15) is 36.3 Å². The molecule has 0 unspecified atom stereocenters. The van der Waals surface area contributed by atoms with Gasteiger partial charge in [-0.3, -0.25) is 0 Å². The van der Waals surface area contributed by atoms with Gasteiger partial charge in [-0.25, -0.2) is 4.98 Å². The molecule has 1 aromatic rings. The number of nitrogens with one attached hydrogen (secondary N) is 1. The summed E-state index contributed by atoms with van der Waals surface area (Å²) >= 11 is 1.79. The fraction of sp³-hybridized carbons (Fsp3) is 0.786. The van der Waals surface area contributed by atoms with Crippen LogP contribution in [0.3, 0.4) is 0 Å². The first kappa shape index (κ1) is 16.6. The molecule has 1 rings (SSSR count). The highest BCUT2D eigenvalue weighted by atomic mass is 32.1. The van der Waals surface area contributed by atoms with Crippen LogP contribution >= 0.6 is 11.3 Å². The average Bonchev–Trinajstić information content (AvgIpc) is 2.75. The third kappa shape index (κ3) is 5.57. The van der Waals surface area contributed by atoms with E-state index in [1.807, 2.05) is 0 Å². The van der Waals surface area contributed by atoms with Crippen molar-refractivity contribution in [3.05, 3.63) is 15.6 Å². The van der Waals surface area contributed by atoms with Crippen molar-refractivity contribution in [1.82, 2.24) is 10.3 Å². The summed E-state index contributed by atoms with van der Waals surface area (Å²) in [4.78, 5) is 6.11. The van der Waals surface area contributed by atoms with Gasteiger partial charge in [0.1, 0.15) is 0 Å². The van der Waals surface area contributed by atoms with Gasteiger partial charge < -0.3 is 14.8 Å². The summed E-state index contributed by atoms with van der Waals surface area (Å²) in [6.45, 7) is 9.82. The van der Waals surface area contributed by atoms with E-state index >= 15 is 0 Å². The number of hydrogen-bond acceptors (Lipinski definition) is 5. The Hall–Kier alpha value is -0.490. The van der Waals surface area contributed by atoms with E-state index in [1.54, 1.807) is 25.6 Å². The summed E-state index contributed by atoms with van der Waals surface area (Å²) < 4.78 is 10.2. The zero-order chi connectivity index (χ0) is 14.3. The molecule has 0 radical (unpaired) electrons. The van der Waals surface area contributed by atoms with Crippen molar-refractivity contribution in [3.8, 4) is 0 Å². The summed E-state index contributed by atoms with van der Waals surface area (Å²) in [5.41, 5.74) is 1.29. The van der Waals surface area contributed by atoms with Crippen molar-refractivity contribution in [2.45, 2.75) is 39.2 Å². The molecule has 0 aliphatic rings. The third-order valence-corrected chi connectivity index (χ3v) is 3.86. The topological polar surface area (TPSA) is 43.4 Å². The third-order valence-electron chi connectivity index (χ3n) is 2.74. The van der Waals surface area contributed by atoms with Crippen molar-refractivity contribution in [2.75, 3.05) is 34.0 Å². The maximum absolute atomic E-state index is 5.13. The lowest BCUT2D eigenvalue weighted by Crippen LogP contribution is -2.21. The Labute approximate surface area is 120 Å². The molecule has 110 valence electrons. The minimum Gasteiger partial charge on any atom is -0.384 e. The number of methoxy groups -OCH3 is 2. The lowest BCUT2D eigenvalue weighted by atomic mass is 9.91. The Morgan fingerprint density at radius 3 is 2.42 bits per heavy atom. The first-order valence-corrected chi connectivity index (χ1v) is 7.48. The quantitative estimate of drug-likeness (QED) is 0.745. The monoisotopic (exact) mass is 286 g/mol. The summed E-state index contributed by atoms with van der Waals surface area (Å²) in [5.74, 6) is 0. The molecule has 0 aliphatic heterocycles. The minimum atomic E-state index is 0.0834. The standard InChI is InChI=1S/C14H26N2O2S/c1-14(2,3)13-11(10-15-7-9-18-5)19-12(16-13)6-8-17-4/h15H,6-10H2,1-5H3. The van der Waals surface area contributed by atoms with E-state index < -0.39 is 0 Å². The molecule has 0 aliphatic carbocycles. The van der Waals surface area contributed by atoms with Gasteiger partial charge in [0.25, 0.3) is 0 Å². The van der Waals surface area contributed by atoms with Gasteiger partial charge in [0.2, 0.25) is 0 Å². The molecule has 4 nitrogen and oxygen atoms in total. The largest absolute Gasteiger partial charge is 0.384 e. The van der Waals surface area contributed by atoms with Crippen LogP contribution in [0.4, 0.5) is 0 Å². The normalized spacial score (nSPS) is 12.1. The van der Waals surface area contributed by atoms with Crippen molar-refractivity contribution in [2.24, 2.45) is 0 Å². The average molecular weight is 286 g/mol. The van der Waals surface area contributed by atoms with Crippen LogP contribution in [0, 0.1) is 0 Å². The number of ether oxygens (including phenoxy) is 2. The van der Waals surface area contributed by atoms with E-state index in [0.29, 0.717) is 0 Å². The molecule has 0 saturated heterocycles. The Morgan fingerprint density at radius 2 is 1.84 bits per heavy atom. The number of rotatable bonds is 8.